The Kier molecular flexibility index (Phi) is 24.1. The second-order valence-corrected chi connectivity index (χ2v) is 32.9. The average molecular weight is 1510 g/mol. The number of nitrogens with two attached hydrogens (primary N) is 1. The normalized spacial score (nSPS) is 12.5. The van der Waals surface area contributed by atoms with E-state index >= 15 is 0 Å². The van der Waals surface area contributed by atoms with Gasteiger partial charge in [-0.25, -0.2) is 49.8 Å². The number of alkyl halides is 21. The van der Waals surface area contributed by atoms with Gasteiger partial charge in [-0.3, -0.25) is 0 Å². The molecule has 2 N–H and O–H groups in total. The molecule has 13 nitrogen and oxygen atoms in total. The van der Waals surface area contributed by atoms with Gasteiger partial charge in [-0.1, -0.05) is 299 Å². The molecule has 0 atom stereocenters. The maximum atomic E-state index is 5.83. The number of hydrogen-bond acceptors (Lipinski definition) is 13. The molecule has 0 aliphatic rings. The summed E-state index contributed by atoms with van der Waals surface area (Å²) >= 11 is 119. The Morgan fingerprint density at radius 2 is 0.632 bits per heavy atom. The zero-order chi connectivity index (χ0) is 52.0. The van der Waals surface area contributed by atoms with E-state index in [1.165, 1.54) is 0 Å². The number of aromatic nitrogens is 12. The fraction of sp³-hybridized carbons (Fsp3) is 0.273. The molecule has 2 aromatic carbocycles. The third kappa shape index (κ3) is 21.5. The van der Waals surface area contributed by atoms with E-state index in [0.717, 1.165) is 0 Å². The van der Waals surface area contributed by atoms with E-state index in [1.54, 1.807) is 50.2 Å². The number of nitrogen functional groups attached to an aromatic ring is 1. The van der Waals surface area contributed by atoms with E-state index in [0.29, 0.717) is 33.6 Å². The number of aryl methyl sites for hydroxylation is 2. The van der Waals surface area contributed by atoms with E-state index in [1.807, 2.05) is 18.2 Å². The summed E-state index contributed by atoms with van der Waals surface area (Å²) in [5, 5.41) is 0.552. The van der Waals surface area contributed by atoms with Gasteiger partial charge in [0.25, 0.3) is 0 Å². The number of anilines is 1. The molecule has 68 heavy (non-hydrogen) atoms. The van der Waals surface area contributed by atoms with Crippen LogP contribution in [0.15, 0.2) is 54.6 Å². The molecule has 0 bridgehead atoms. The Morgan fingerprint density at radius 1 is 0.353 bits per heavy atom. The zero-order valence-corrected chi connectivity index (χ0v) is 51.6. The highest BCUT2D eigenvalue weighted by atomic mass is 80.0. The van der Waals surface area contributed by atoms with Gasteiger partial charge in [-0.2, -0.15) is 9.97 Å². The molecule has 35 heteroatoms. The number of nitrogens with zero attached hydrogens (tertiary/aromatic N) is 12. The van der Waals surface area contributed by atoms with Crippen molar-refractivity contribution in [2.45, 2.75) is 38.7 Å². The smallest absolute Gasteiger partial charge is 0.250 e. The van der Waals surface area contributed by atoms with Gasteiger partial charge in [0, 0.05) is 16.1 Å². The second kappa shape index (κ2) is 25.8. The van der Waals surface area contributed by atoms with Gasteiger partial charge in [0.15, 0.2) is 54.6 Å². The summed E-state index contributed by atoms with van der Waals surface area (Å²) in [6.07, 6.45) is 0. The molecular formula is C33H17Br3Cl19N13. The zero-order valence-electron chi connectivity index (χ0n) is 32.5. The SMILES string of the molecule is Cc1nc(C(Cl)(Cl)Cl)nc(C(Cl)(Cl)Cl)n1.Cc1nc(N)nc(C(Br)(Br)Br)n1.ClC(Cl)(Cl)c1nc(-c2ccccc2)nc(C(Cl)(Cl)Cl)n1.Clc1ccc(-c2nc(C(Cl)(Cl)Cl)nc(C(Cl)(Cl)Cl)n2)cc1. The molecule has 0 amide bonds. The van der Waals surface area contributed by atoms with Gasteiger partial charge in [0.05, 0.1) is 0 Å². The third-order valence-electron chi connectivity index (χ3n) is 6.69. The molecule has 0 aliphatic heterocycles. The van der Waals surface area contributed by atoms with Crippen LogP contribution < -0.4 is 5.73 Å². The lowest BCUT2D eigenvalue weighted by Gasteiger charge is -2.15. The first kappa shape index (κ1) is 63.5. The molecule has 6 rings (SSSR count). The first-order chi connectivity index (χ1) is 30.7. The van der Waals surface area contributed by atoms with Crippen LogP contribution in [0.25, 0.3) is 22.8 Å². The number of hydrogen-bond donors (Lipinski definition) is 1. The minimum atomic E-state index is -1.88. The van der Waals surface area contributed by atoms with Crippen molar-refractivity contribution in [3.63, 3.8) is 0 Å². The molecule has 0 aliphatic carbocycles. The molecule has 0 spiro atoms. The predicted molar refractivity (Wildman–Crippen MR) is 293 cm³/mol. The summed E-state index contributed by atoms with van der Waals surface area (Å²) < 4.78 is -11.6. The van der Waals surface area contributed by atoms with Gasteiger partial charge < -0.3 is 5.73 Å². The van der Waals surface area contributed by atoms with Crippen molar-refractivity contribution in [2.24, 2.45) is 0 Å². The Hall–Kier alpha value is 1.23. The maximum Gasteiger partial charge on any atom is 0.250 e. The molecule has 0 saturated carbocycles. The van der Waals surface area contributed by atoms with Crippen molar-refractivity contribution in [2.75, 3.05) is 5.73 Å². The van der Waals surface area contributed by atoms with Crippen molar-refractivity contribution in [1.29, 1.82) is 0 Å². The van der Waals surface area contributed by atoms with Gasteiger partial charge in [0.1, 0.15) is 11.6 Å². The van der Waals surface area contributed by atoms with Crippen molar-refractivity contribution in [1.82, 2.24) is 59.8 Å². The van der Waals surface area contributed by atoms with E-state index in [-0.39, 0.29) is 52.5 Å². The molecule has 368 valence electrons. The Labute approximate surface area is 506 Å². The van der Waals surface area contributed by atoms with E-state index in [9.17, 15) is 0 Å². The van der Waals surface area contributed by atoms with Gasteiger partial charge in [0.2, 0.25) is 28.7 Å². The fourth-order valence-electron chi connectivity index (χ4n) is 4.07. The van der Waals surface area contributed by atoms with Crippen LogP contribution >= 0.6 is 268 Å². The molecule has 0 saturated heterocycles. The highest BCUT2D eigenvalue weighted by Crippen LogP contribution is 2.44. The van der Waals surface area contributed by atoms with Crippen LogP contribution in [0.1, 0.15) is 52.4 Å². The third-order valence-corrected chi connectivity index (χ3v) is 11.1. The quantitative estimate of drug-likeness (QED) is 0.162. The van der Waals surface area contributed by atoms with Crippen molar-refractivity contribution in [3.05, 3.63) is 112 Å². The molecule has 4 heterocycles. The summed E-state index contributed by atoms with van der Waals surface area (Å²) in [7, 11) is 0. The molecular weight excluding hydrogens is 1490 g/mol. The summed E-state index contributed by atoms with van der Waals surface area (Å²) in [6.45, 7) is 3.32. The highest BCUT2D eigenvalue weighted by Gasteiger charge is 2.36. The summed E-state index contributed by atoms with van der Waals surface area (Å²) in [5.41, 5.74) is 6.72. The Bertz CT molecular complexity index is 2520. The minimum Gasteiger partial charge on any atom is -0.368 e. The van der Waals surface area contributed by atoms with Crippen LogP contribution in [-0.2, 0) is 24.9 Å². The lowest BCUT2D eigenvalue weighted by molar-refractivity contribution is 0.813. The van der Waals surface area contributed by atoms with Crippen molar-refractivity contribution in [3.8, 4) is 22.8 Å². The van der Waals surface area contributed by atoms with Crippen molar-refractivity contribution < 1.29 is 0 Å². The maximum absolute atomic E-state index is 5.83. The number of benzene rings is 2. The van der Waals surface area contributed by atoms with E-state index < -0.39 is 24.9 Å². The molecule has 4 aromatic heterocycles. The monoisotopic (exact) mass is 1500 g/mol. The summed E-state index contributed by atoms with van der Waals surface area (Å²) in [5.74, 6) is 1.36. The van der Waals surface area contributed by atoms with Crippen LogP contribution in [-0.4, -0.2) is 59.8 Å². The topological polar surface area (TPSA) is 181 Å². The van der Waals surface area contributed by atoms with Crippen LogP contribution in [0.5, 0.6) is 0 Å². The van der Waals surface area contributed by atoms with Gasteiger partial charge in [-0.15, -0.1) is 0 Å². The predicted octanol–water partition coefficient (Wildman–Crippen LogP) is 16.9. The minimum absolute atomic E-state index is 0.0821. The van der Waals surface area contributed by atoms with Crippen LogP contribution in [0.2, 0.25) is 5.02 Å². The van der Waals surface area contributed by atoms with Crippen molar-refractivity contribution >= 4 is 274 Å². The first-order valence-corrected chi connectivity index (χ1v) is 26.4. The van der Waals surface area contributed by atoms with E-state index in [2.05, 4.69) is 108 Å². The summed E-state index contributed by atoms with van der Waals surface area (Å²) in [4.78, 5) is 47.4. The Balaban J connectivity index is 0.000000246. The van der Waals surface area contributed by atoms with Crippen LogP contribution in [0.3, 0.4) is 0 Å². The number of rotatable bonds is 2. The highest BCUT2D eigenvalue weighted by molar-refractivity contribution is 9.38. The standard InChI is InChI=1S/C11H4Cl7N3.C11H5Cl6N3.C6H3Cl6N3.C5H5Br3N4/c12-6-3-1-5(2-4-6)7-19-8(10(13,14)15)21-9(20-7)11(16,17)18;12-10(13,14)8-18-7(6-4-2-1-3-5-6)19-9(20-8)11(15,16)17;1-2-13-3(5(7,8)9)15-4(14-2)6(10,11)12;1-2-10-3(5(6,7)8)12-4(9)11-2/h1-4H;1-5H;1H3;1H3,(H2,9,10,11,12). The van der Waals surface area contributed by atoms with Gasteiger partial charge >= 0.3 is 0 Å². The second-order valence-electron chi connectivity index (χ2n) is 12.1. The molecule has 0 unspecified atom stereocenters. The molecule has 0 fully saturated rings. The lowest BCUT2D eigenvalue weighted by Crippen LogP contribution is -2.16. The molecule has 0 radical (unpaired) electrons. The number of halogens is 22. The molecule has 6 aromatic rings. The van der Waals surface area contributed by atoms with Crippen LogP contribution in [0, 0.1) is 13.8 Å². The average Bonchev–Trinajstić information content (AvgIpc) is 3.19. The lowest BCUT2D eigenvalue weighted by atomic mass is 10.2. The van der Waals surface area contributed by atoms with E-state index in [4.69, 9.17) is 226 Å². The Morgan fingerprint density at radius 3 is 0.926 bits per heavy atom. The van der Waals surface area contributed by atoms with Gasteiger partial charge in [-0.05, 0) is 38.1 Å². The fourth-order valence-corrected chi connectivity index (χ4v) is 6.25. The largest absolute Gasteiger partial charge is 0.368 e. The van der Waals surface area contributed by atoms with Crippen LogP contribution in [0.4, 0.5) is 5.95 Å². The first-order valence-electron chi connectivity index (χ1n) is 16.8. The summed E-state index contributed by atoms with van der Waals surface area (Å²) in [6, 6.07) is 15.7.